The van der Waals surface area contributed by atoms with E-state index in [1.807, 2.05) is 0 Å². The molecule has 3 fully saturated rings. The summed E-state index contributed by atoms with van der Waals surface area (Å²) in [6.45, 7) is 12.2. The van der Waals surface area contributed by atoms with E-state index in [1.165, 1.54) is 5.56 Å². The highest BCUT2D eigenvalue weighted by molar-refractivity contribution is 5.85. The van der Waals surface area contributed by atoms with E-state index >= 15 is 0 Å². The quantitative estimate of drug-likeness (QED) is 0.580. The second kappa shape index (κ2) is 10.1. The lowest BCUT2D eigenvalue weighted by molar-refractivity contribution is -0.135. The summed E-state index contributed by atoms with van der Waals surface area (Å²) in [5, 5.41) is 0. The number of unbranched alkanes of at least 4 members (excludes halogenated alkanes) is 1. The summed E-state index contributed by atoms with van der Waals surface area (Å²) in [4.78, 5) is 20.2. The summed E-state index contributed by atoms with van der Waals surface area (Å²) in [6, 6.07) is 8.48. The Kier molecular flexibility index (Phi) is 7.28. The summed E-state index contributed by atoms with van der Waals surface area (Å²) in [7, 11) is 0. The van der Waals surface area contributed by atoms with Gasteiger partial charge in [0.2, 0.25) is 5.91 Å². The third-order valence-corrected chi connectivity index (χ3v) is 6.92. The molecule has 6 heteroatoms. The number of carbonyl (C=O) groups is 1. The SMILES string of the molecule is CCCCOc1ccc(CN2CCC3(CCN(CCN4CCOCC4)C3=O)C2)cc1. The summed E-state index contributed by atoms with van der Waals surface area (Å²) in [5.41, 5.74) is 1.15. The Hall–Kier alpha value is -1.63. The van der Waals surface area contributed by atoms with Crippen molar-refractivity contribution in [1.82, 2.24) is 14.7 Å². The molecule has 0 saturated carbocycles. The summed E-state index contributed by atoms with van der Waals surface area (Å²) in [6.07, 6.45) is 4.25. The number of ether oxygens (including phenoxy) is 2. The van der Waals surface area contributed by atoms with Crippen molar-refractivity contribution < 1.29 is 14.3 Å². The van der Waals surface area contributed by atoms with Crippen LogP contribution in [0, 0.1) is 5.41 Å². The summed E-state index contributed by atoms with van der Waals surface area (Å²) >= 11 is 0. The van der Waals surface area contributed by atoms with E-state index in [9.17, 15) is 4.79 Å². The number of carbonyl (C=O) groups excluding carboxylic acids is 1. The highest BCUT2D eigenvalue weighted by Gasteiger charge is 2.50. The van der Waals surface area contributed by atoms with Crippen LogP contribution in [0.4, 0.5) is 0 Å². The first-order valence-corrected chi connectivity index (χ1v) is 11.7. The minimum atomic E-state index is -0.145. The van der Waals surface area contributed by atoms with E-state index < -0.39 is 0 Å². The molecule has 3 aliphatic rings. The summed E-state index contributed by atoms with van der Waals surface area (Å²) < 4.78 is 11.2. The molecule has 1 spiro atoms. The van der Waals surface area contributed by atoms with Gasteiger partial charge in [0.05, 0.1) is 25.2 Å². The van der Waals surface area contributed by atoms with Gasteiger partial charge >= 0.3 is 0 Å². The molecule has 1 aromatic carbocycles. The highest BCUT2D eigenvalue weighted by atomic mass is 16.5. The lowest BCUT2D eigenvalue weighted by atomic mass is 9.85. The maximum atomic E-state index is 13.2. The van der Waals surface area contributed by atoms with Gasteiger partial charge in [-0.15, -0.1) is 0 Å². The van der Waals surface area contributed by atoms with Crippen LogP contribution in [0.5, 0.6) is 5.75 Å². The molecule has 3 heterocycles. The minimum Gasteiger partial charge on any atom is -0.494 e. The van der Waals surface area contributed by atoms with Gasteiger partial charge in [0.25, 0.3) is 0 Å². The maximum absolute atomic E-state index is 13.2. The van der Waals surface area contributed by atoms with Gasteiger partial charge in [0.1, 0.15) is 5.75 Å². The van der Waals surface area contributed by atoms with Crippen molar-refractivity contribution in [2.24, 2.45) is 5.41 Å². The fraction of sp³-hybridized carbons (Fsp3) is 0.708. The fourth-order valence-electron chi connectivity index (χ4n) is 4.95. The molecule has 0 N–H and O–H groups in total. The van der Waals surface area contributed by atoms with Crippen LogP contribution < -0.4 is 4.74 Å². The van der Waals surface area contributed by atoms with Gasteiger partial charge in [0, 0.05) is 45.8 Å². The average molecular weight is 416 g/mol. The van der Waals surface area contributed by atoms with Gasteiger partial charge < -0.3 is 14.4 Å². The van der Waals surface area contributed by atoms with Crippen LogP contribution in [-0.2, 0) is 16.1 Å². The smallest absolute Gasteiger partial charge is 0.230 e. The van der Waals surface area contributed by atoms with Gasteiger partial charge in [-0.25, -0.2) is 0 Å². The molecule has 166 valence electrons. The van der Waals surface area contributed by atoms with Crippen LogP contribution in [-0.4, -0.2) is 86.2 Å². The van der Waals surface area contributed by atoms with E-state index in [0.29, 0.717) is 5.91 Å². The van der Waals surface area contributed by atoms with Crippen LogP contribution in [0.3, 0.4) is 0 Å². The molecule has 3 aliphatic heterocycles. The zero-order chi connectivity index (χ0) is 20.8. The van der Waals surface area contributed by atoms with E-state index in [1.54, 1.807) is 0 Å². The maximum Gasteiger partial charge on any atom is 0.230 e. The Morgan fingerprint density at radius 1 is 1.00 bits per heavy atom. The van der Waals surface area contributed by atoms with Crippen molar-refractivity contribution in [3.63, 3.8) is 0 Å². The second-order valence-corrected chi connectivity index (χ2v) is 9.08. The largest absolute Gasteiger partial charge is 0.494 e. The van der Waals surface area contributed by atoms with Crippen molar-refractivity contribution in [3.8, 4) is 5.75 Å². The lowest BCUT2D eigenvalue weighted by Crippen LogP contribution is -2.43. The monoisotopic (exact) mass is 415 g/mol. The number of rotatable bonds is 9. The number of nitrogens with zero attached hydrogens (tertiary/aromatic N) is 3. The molecule has 0 aromatic heterocycles. The Labute approximate surface area is 181 Å². The molecule has 4 rings (SSSR count). The predicted molar refractivity (Wildman–Crippen MR) is 118 cm³/mol. The molecular weight excluding hydrogens is 378 g/mol. The minimum absolute atomic E-state index is 0.145. The molecule has 0 bridgehead atoms. The molecule has 0 radical (unpaired) electrons. The fourth-order valence-corrected chi connectivity index (χ4v) is 4.95. The number of morpholine rings is 1. The van der Waals surface area contributed by atoms with Crippen molar-refractivity contribution in [2.75, 3.05) is 65.6 Å². The molecule has 6 nitrogen and oxygen atoms in total. The summed E-state index contributed by atoms with van der Waals surface area (Å²) in [5.74, 6) is 1.34. The van der Waals surface area contributed by atoms with Crippen LogP contribution >= 0.6 is 0 Å². The zero-order valence-electron chi connectivity index (χ0n) is 18.5. The number of likely N-dealkylation sites (tertiary alicyclic amines) is 2. The van der Waals surface area contributed by atoms with Crippen molar-refractivity contribution in [3.05, 3.63) is 29.8 Å². The molecule has 30 heavy (non-hydrogen) atoms. The Bertz CT molecular complexity index is 689. The third-order valence-electron chi connectivity index (χ3n) is 6.92. The molecule has 1 unspecified atom stereocenters. The normalized spacial score (nSPS) is 25.5. The zero-order valence-corrected chi connectivity index (χ0v) is 18.5. The van der Waals surface area contributed by atoms with Crippen molar-refractivity contribution in [1.29, 1.82) is 0 Å². The molecule has 3 saturated heterocycles. The van der Waals surface area contributed by atoms with Gasteiger partial charge in [0.15, 0.2) is 0 Å². The number of amides is 1. The van der Waals surface area contributed by atoms with Crippen molar-refractivity contribution >= 4 is 5.91 Å². The van der Waals surface area contributed by atoms with Crippen LogP contribution in [0.1, 0.15) is 38.2 Å². The first-order chi connectivity index (χ1) is 14.7. The van der Waals surface area contributed by atoms with Crippen molar-refractivity contribution in [2.45, 2.75) is 39.2 Å². The highest BCUT2D eigenvalue weighted by Crippen LogP contribution is 2.41. The number of benzene rings is 1. The van der Waals surface area contributed by atoms with Crippen LogP contribution in [0.15, 0.2) is 24.3 Å². The van der Waals surface area contributed by atoms with E-state index in [0.717, 1.165) is 104 Å². The van der Waals surface area contributed by atoms with Crippen LogP contribution in [0.2, 0.25) is 0 Å². The Balaban J connectivity index is 1.24. The lowest BCUT2D eigenvalue weighted by Gasteiger charge is -2.29. The average Bonchev–Trinajstić information content (AvgIpc) is 3.32. The van der Waals surface area contributed by atoms with Gasteiger partial charge in [-0.1, -0.05) is 25.5 Å². The van der Waals surface area contributed by atoms with E-state index in [-0.39, 0.29) is 5.41 Å². The molecule has 1 atom stereocenters. The molecular formula is C24H37N3O3. The Morgan fingerprint density at radius 2 is 1.77 bits per heavy atom. The first-order valence-electron chi connectivity index (χ1n) is 11.7. The topological polar surface area (TPSA) is 45.2 Å². The van der Waals surface area contributed by atoms with Gasteiger partial charge in [-0.05, 0) is 43.5 Å². The second-order valence-electron chi connectivity index (χ2n) is 9.08. The third kappa shape index (κ3) is 5.16. The Morgan fingerprint density at radius 3 is 2.53 bits per heavy atom. The van der Waals surface area contributed by atoms with Crippen LogP contribution in [0.25, 0.3) is 0 Å². The van der Waals surface area contributed by atoms with E-state index in [4.69, 9.17) is 9.47 Å². The molecule has 1 aromatic rings. The molecule has 1 amide bonds. The predicted octanol–water partition coefficient (Wildman–Crippen LogP) is 2.62. The van der Waals surface area contributed by atoms with Gasteiger partial charge in [-0.3, -0.25) is 14.6 Å². The first kappa shape index (κ1) is 21.6. The van der Waals surface area contributed by atoms with E-state index in [2.05, 4.69) is 45.9 Å². The number of hydrogen-bond acceptors (Lipinski definition) is 5. The standard InChI is InChI=1S/C24H37N3O3/c1-2-3-16-30-22-6-4-21(5-7-22)19-26-10-8-24(20-26)9-11-27(23(24)28)13-12-25-14-17-29-18-15-25/h4-7H,2-3,8-20H2,1H3. The van der Waals surface area contributed by atoms with Gasteiger partial charge in [-0.2, -0.15) is 0 Å². The molecule has 0 aliphatic carbocycles. The number of hydrogen-bond donors (Lipinski definition) is 0.